The molecule has 5 heteroatoms. The minimum Gasteiger partial charge on any atom is -0.345 e. The summed E-state index contributed by atoms with van der Waals surface area (Å²) in [4.78, 5) is 25.4. The van der Waals surface area contributed by atoms with E-state index in [9.17, 15) is 9.59 Å². The summed E-state index contributed by atoms with van der Waals surface area (Å²) in [6.45, 7) is 6.27. The van der Waals surface area contributed by atoms with Crippen LogP contribution in [0.2, 0.25) is 0 Å². The van der Waals surface area contributed by atoms with Crippen LogP contribution < -0.4 is 10.6 Å². The number of nitrogens with zero attached hydrogens (tertiary/aromatic N) is 1. The van der Waals surface area contributed by atoms with Crippen LogP contribution in [0.5, 0.6) is 0 Å². The Kier molecular flexibility index (Phi) is 6.37. The first-order valence-corrected chi connectivity index (χ1v) is 7.20. The number of anilines is 1. The lowest BCUT2D eigenvalue weighted by Crippen LogP contribution is -2.34. The molecule has 0 radical (unpaired) electrons. The van der Waals surface area contributed by atoms with Crippen LogP contribution in [0.3, 0.4) is 0 Å². The molecular weight excluding hydrogens is 266 g/mol. The largest absolute Gasteiger partial charge is 0.345 e. The van der Waals surface area contributed by atoms with Crippen LogP contribution in [0, 0.1) is 6.92 Å². The van der Waals surface area contributed by atoms with Crippen molar-refractivity contribution >= 4 is 17.5 Å². The minimum absolute atomic E-state index is 0.0803. The molecule has 0 fully saturated rings. The SMILES string of the molecule is CCC(C)NCC(=O)Nc1cc(C(=O)N(C)C)ccc1C. The highest BCUT2D eigenvalue weighted by atomic mass is 16.2. The fraction of sp³-hybridized carbons (Fsp3) is 0.500. The van der Waals surface area contributed by atoms with Crippen molar-refractivity contribution in [2.75, 3.05) is 26.0 Å². The number of aryl methyl sites for hydroxylation is 1. The number of rotatable bonds is 6. The highest BCUT2D eigenvalue weighted by Crippen LogP contribution is 2.17. The van der Waals surface area contributed by atoms with Crippen molar-refractivity contribution in [3.63, 3.8) is 0 Å². The van der Waals surface area contributed by atoms with E-state index in [1.807, 2.05) is 19.9 Å². The summed E-state index contributed by atoms with van der Waals surface area (Å²) in [7, 11) is 3.41. The van der Waals surface area contributed by atoms with Gasteiger partial charge in [0.05, 0.1) is 6.54 Å². The van der Waals surface area contributed by atoms with Gasteiger partial charge >= 0.3 is 0 Å². The number of carbonyl (C=O) groups excluding carboxylic acids is 2. The molecule has 0 aliphatic heterocycles. The Morgan fingerprint density at radius 3 is 2.52 bits per heavy atom. The van der Waals surface area contributed by atoms with Gasteiger partial charge in [-0.2, -0.15) is 0 Å². The van der Waals surface area contributed by atoms with Crippen molar-refractivity contribution in [1.29, 1.82) is 0 Å². The second kappa shape index (κ2) is 7.78. The van der Waals surface area contributed by atoms with Crippen LogP contribution >= 0.6 is 0 Å². The van der Waals surface area contributed by atoms with Gasteiger partial charge in [0.2, 0.25) is 5.91 Å². The normalized spacial score (nSPS) is 11.9. The topological polar surface area (TPSA) is 61.4 Å². The van der Waals surface area contributed by atoms with Crippen LogP contribution in [0.4, 0.5) is 5.69 Å². The highest BCUT2D eigenvalue weighted by Gasteiger charge is 2.12. The summed E-state index contributed by atoms with van der Waals surface area (Å²) in [5, 5.41) is 5.99. The Morgan fingerprint density at radius 1 is 1.29 bits per heavy atom. The Morgan fingerprint density at radius 2 is 1.95 bits per heavy atom. The van der Waals surface area contributed by atoms with E-state index in [0.717, 1.165) is 12.0 Å². The van der Waals surface area contributed by atoms with Gasteiger partial charge in [0.1, 0.15) is 0 Å². The van der Waals surface area contributed by atoms with E-state index in [-0.39, 0.29) is 18.4 Å². The van der Waals surface area contributed by atoms with Gasteiger partial charge in [-0.3, -0.25) is 9.59 Å². The number of benzene rings is 1. The van der Waals surface area contributed by atoms with E-state index >= 15 is 0 Å². The average molecular weight is 291 g/mol. The number of carbonyl (C=O) groups is 2. The maximum atomic E-state index is 11.9. The lowest BCUT2D eigenvalue weighted by atomic mass is 10.1. The smallest absolute Gasteiger partial charge is 0.253 e. The van der Waals surface area contributed by atoms with Crippen LogP contribution in [0.25, 0.3) is 0 Å². The van der Waals surface area contributed by atoms with Gasteiger partial charge in [0.15, 0.2) is 0 Å². The molecule has 5 nitrogen and oxygen atoms in total. The van der Waals surface area contributed by atoms with E-state index in [0.29, 0.717) is 17.3 Å². The maximum absolute atomic E-state index is 11.9. The number of nitrogens with one attached hydrogen (secondary N) is 2. The molecule has 1 rings (SSSR count). The molecule has 2 N–H and O–H groups in total. The molecular formula is C16H25N3O2. The van der Waals surface area contributed by atoms with E-state index in [4.69, 9.17) is 0 Å². The Bertz CT molecular complexity index is 512. The van der Waals surface area contributed by atoms with Gasteiger partial charge < -0.3 is 15.5 Å². The second-order valence-corrected chi connectivity index (χ2v) is 5.47. The van der Waals surface area contributed by atoms with Gasteiger partial charge in [0, 0.05) is 31.4 Å². The van der Waals surface area contributed by atoms with Crippen LogP contribution in [-0.2, 0) is 4.79 Å². The molecule has 1 aromatic carbocycles. The summed E-state index contributed by atoms with van der Waals surface area (Å²) in [5.41, 5.74) is 2.18. The zero-order valence-electron chi connectivity index (χ0n) is 13.5. The second-order valence-electron chi connectivity index (χ2n) is 5.47. The van der Waals surface area contributed by atoms with Crippen molar-refractivity contribution in [2.24, 2.45) is 0 Å². The molecule has 116 valence electrons. The van der Waals surface area contributed by atoms with E-state index in [1.165, 1.54) is 4.90 Å². The van der Waals surface area contributed by atoms with E-state index < -0.39 is 0 Å². The number of hydrogen-bond donors (Lipinski definition) is 2. The molecule has 0 bridgehead atoms. The molecule has 1 aromatic rings. The van der Waals surface area contributed by atoms with E-state index in [1.54, 1.807) is 26.2 Å². The third kappa shape index (κ3) is 5.19. The van der Waals surface area contributed by atoms with Crippen LogP contribution in [0.15, 0.2) is 18.2 Å². The molecule has 0 saturated heterocycles. The molecule has 0 heterocycles. The molecule has 0 aromatic heterocycles. The summed E-state index contributed by atoms with van der Waals surface area (Å²) < 4.78 is 0. The Balaban J connectivity index is 2.76. The first-order chi connectivity index (χ1) is 9.85. The lowest BCUT2D eigenvalue weighted by Gasteiger charge is -2.15. The first-order valence-electron chi connectivity index (χ1n) is 7.20. The van der Waals surface area contributed by atoms with Crippen molar-refractivity contribution in [1.82, 2.24) is 10.2 Å². The molecule has 21 heavy (non-hydrogen) atoms. The quantitative estimate of drug-likeness (QED) is 0.843. The zero-order chi connectivity index (χ0) is 16.0. The van der Waals surface area contributed by atoms with Gasteiger partial charge in [-0.1, -0.05) is 13.0 Å². The van der Waals surface area contributed by atoms with Gasteiger partial charge in [0.25, 0.3) is 5.91 Å². The highest BCUT2D eigenvalue weighted by molar-refractivity contribution is 5.98. The fourth-order valence-corrected chi connectivity index (χ4v) is 1.75. The monoisotopic (exact) mass is 291 g/mol. The third-order valence-corrected chi connectivity index (χ3v) is 3.39. The predicted octanol–water partition coefficient (Wildman–Crippen LogP) is 2.02. The summed E-state index contributed by atoms with van der Waals surface area (Å²) in [6, 6.07) is 5.64. The van der Waals surface area contributed by atoms with Crippen LogP contribution in [-0.4, -0.2) is 43.4 Å². The van der Waals surface area contributed by atoms with Gasteiger partial charge in [-0.25, -0.2) is 0 Å². The predicted molar refractivity (Wildman–Crippen MR) is 85.6 cm³/mol. The number of hydrogen-bond acceptors (Lipinski definition) is 3. The molecule has 0 spiro atoms. The fourth-order valence-electron chi connectivity index (χ4n) is 1.75. The summed E-state index contributed by atoms with van der Waals surface area (Å²) in [5.74, 6) is -0.184. The molecule has 0 saturated carbocycles. The number of amides is 2. The molecule has 1 unspecified atom stereocenters. The standard InChI is InChI=1S/C16H25N3O2/c1-6-12(3)17-10-15(20)18-14-9-13(8-7-11(14)2)16(21)19(4)5/h7-9,12,17H,6,10H2,1-5H3,(H,18,20). The molecule has 1 atom stereocenters. The van der Waals surface area contributed by atoms with Crippen molar-refractivity contribution in [3.05, 3.63) is 29.3 Å². The van der Waals surface area contributed by atoms with Crippen LogP contribution in [0.1, 0.15) is 36.2 Å². The van der Waals surface area contributed by atoms with Gasteiger partial charge in [-0.15, -0.1) is 0 Å². The van der Waals surface area contributed by atoms with E-state index in [2.05, 4.69) is 17.6 Å². The molecule has 0 aliphatic rings. The van der Waals surface area contributed by atoms with Gasteiger partial charge in [-0.05, 0) is 38.0 Å². The average Bonchev–Trinajstić information content (AvgIpc) is 2.46. The van der Waals surface area contributed by atoms with Crippen molar-refractivity contribution in [2.45, 2.75) is 33.2 Å². The van der Waals surface area contributed by atoms with Crippen molar-refractivity contribution in [3.8, 4) is 0 Å². The lowest BCUT2D eigenvalue weighted by molar-refractivity contribution is -0.115. The Hall–Kier alpha value is -1.88. The first kappa shape index (κ1) is 17.2. The van der Waals surface area contributed by atoms with Crippen molar-refractivity contribution < 1.29 is 9.59 Å². The summed E-state index contributed by atoms with van der Waals surface area (Å²) >= 11 is 0. The molecule has 0 aliphatic carbocycles. The zero-order valence-corrected chi connectivity index (χ0v) is 13.5. The Labute approximate surface area is 126 Å². The minimum atomic E-state index is -0.104. The molecule has 2 amide bonds. The third-order valence-electron chi connectivity index (χ3n) is 3.39. The maximum Gasteiger partial charge on any atom is 0.253 e. The summed E-state index contributed by atoms with van der Waals surface area (Å²) in [6.07, 6.45) is 0.971.